The number of hydrogen-bond donors (Lipinski definition) is 0. The Morgan fingerprint density at radius 1 is 1.33 bits per heavy atom. The van der Waals surface area contributed by atoms with Gasteiger partial charge in [-0.3, -0.25) is 4.79 Å². The second-order valence-corrected chi connectivity index (χ2v) is 4.93. The summed E-state index contributed by atoms with van der Waals surface area (Å²) < 4.78 is 5.40. The lowest BCUT2D eigenvalue weighted by Gasteiger charge is -2.33. The summed E-state index contributed by atoms with van der Waals surface area (Å²) in [5.41, 5.74) is 0.404. The quantitative estimate of drug-likeness (QED) is 0.697. The highest BCUT2D eigenvalue weighted by Crippen LogP contribution is 2.39. The Balaban J connectivity index is 1.90. The van der Waals surface area contributed by atoms with Gasteiger partial charge in [-0.25, -0.2) is 0 Å². The highest BCUT2D eigenvalue weighted by molar-refractivity contribution is 5.76. The Hall–Kier alpha value is -0.570. The van der Waals surface area contributed by atoms with Crippen molar-refractivity contribution in [1.82, 2.24) is 4.90 Å². The molecule has 2 aliphatic heterocycles. The van der Waals surface area contributed by atoms with E-state index in [0.717, 1.165) is 45.6 Å². The predicted molar refractivity (Wildman–Crippen MR) is 58.6 cm³/mol. The number of likely N-dealkylation sites (tertiary alicyclic amines) is 1. The average molecular weight is 211 g/mol. The summed E-state index contributed by atoms with van der Waals surface area (Å²) in [6.07, 6.45) is 5.15. The van der Waals surface area contributed by atoms with Gasteiger partial charge >= 0.3 is 0 Å². The van der Waals surface area contributed by atoms with Crippen LogP contribution < -0.4 is 0 Å². The molecule has 0 aromatic rings. The van der Waals surface area contributed by atoms with Crippen LogP contribution in [0.5, 0.6) is 0 Å². The topological polar surface area (TPSA) is 29.5 Å². The van der Waals surface area contributed by atoms with Crippen LogP contribution in [0.25, 0.3) is 0 Å². The number of hydrogen-bond acceptors (Lipinski definition) is 2. The van der Waals surface area contributed by atoms with Crippen molar-refractivity contribution >= 4 is 5.91 Å². The van der Waals surface area contributed by atoms with Gasteiger partial charge in [0.1, 0.15) is 0 Å². The lowest BCUT2D eigenvalue weighted by Crippen LogP contribution is -2.35. The minimum absolute atomic E-state index is 0.348. The minimum Gasteiger partial charge on any atom is -0.381 e. The predicted octanol–water partition coefficient (Wildman–Crippen LogP) is 1.82. The first-order valence-corrected chi connectivity index (χ1v) is 6.11. The molecule has 0 unspecified atom stereocenters. The third-order valence-electron chi connectivity index (χ3n) is 3.81. The second kappa shape index (κ2) is 4.52. The van der Waals surface area contributed by atoms with E-state index in [2.05, 4.69) is 11.8 Å². The molecule has 15 heavy (non-hydrogen) atoms. The molecule has 2 saturated heterocycles. The summed E-state index contributed by atoms with van der Waals surface area (Å²) in [7, 11) is 0. The van der Waals surface area contributed by atoms with Gasteiger partial charge in [0, 0.05) is 32.7 Å². The van der Waals surface area contributed by atoms with Crippen molar-refractivity contribution in [2.45, 2.75) is 39.0 Å². The van der Waals surface area contributed by atoms with E-state index in [1.54, 1.807) is 0 Å². The number of nitrogens with zero attached hydrogens (tertiary/aromatic N) is 1. The van der Waals surface area contributed by atoms with Crippen LogP contribution in [0.4, 0.5) is 0 Å². The smallest absolute Gasteiger partial charge is 0.222 e. The van der Waals surface area contributed by atoms with Gasteiger partial charge in [0.2, 0.25) is 5.91 Å². The molecular weight excluding hydrogens is 190 g/mol. The third kappa shape index (κ3) is 2.33. The van der Waals surface area contributed by atoms with Crippen LogP contribution in [0, 0.1) is 5.41 Å². The summed E-state index contributed by atoms with van der Waals surface area (Å²) in [4.78, 5) is 13.8. The normalized spacial score (nSPS) is 24.7. The molecule has 0 aromatic heterocycles. The van der Waals surface area contributed by atoms with Gasteiger partial charge in [-0.05, 0) is 31.1 Å². The van der Waals surface area contributed by atoms with Crippen LogP contribution in [-0.4, -0.2) is 37.1 Å². The molecule has 2 aliphatic rings. The molecule has 2 heterocycles. The molecule has 3 heteroatoms. The van der Waals surface area contributed by atoms with Crippen molar-refractivity contribution < 1.29 is 9.53 Å². The molecule has 0 aromatic carbocycles. The zero-order valence-corrected chi connectivity index (χ0v) is 9.63. The van der Waals surface area contributed by atoms with Crippen molar-refractivity contribution in [3.8, 4) is 0 Å². The molecule has 2 fully saturated rings. The molecule has 1 amide bonds. The Kier molecular flexibility index (Phi) is 3.29. The monoisotopic (exact) mass is 211 g/mol. The molecule has 0 saturated carbocycles. The maximum Gasteiger partial charge on any atom is 0.222 e. The van der Waals surface area contributed by atoms with E-state index in [4.69, 9.17) is 4.74 Å². The molecule has 0 radical (unpaired) electrons. The largest absolute Gasteiger partial charge is 0.381 e. The van der Waals surface area contributed by atoms with Gasteiger partial charge in [0.15, 0.2) is 0 Å². The lowest BCUT2D eigenvalue weighted by molar-refractivity contribution is -0.130. The maximum absolute atomic E-state index is 11.8. The van der Waals surface area contributed by atoms with Gasteiger partial charge < -0.3 is 9.64 Å². The number of rotatable bonds is 2. The maximum atomic E-state index is 11.8. The van der Waals surface area contributed by atoms with E-state index >= 15 is 0 Å². The van der Waals surface area contributed by atoms with E-state index in [9.17, 15) is 4.79 Å². The van der Waals surface area contributed by atoms with E-state index in [1.807, 2.05) is 0 Å². The average Bonchev–Trinajstić information content (AvgIpc) is 2.64. The Labute approximate surface area is 91.8 Å². The third-order valence-corrected chi connectivity index (χ3v) is 3.81. The first-order chi connectivity index (χ1) is 7.26. The molecular formula is C12H21NO2. The minimum atomic E-state index is 0.348. The SMILES string of the molecule is CCCC(=O)N1CCC2(CCOCC2)C1. The van der Waals surface area contributed by atoms with E-state index in [-0.39, 0.29) is 0 Å². The first kappa shape index (κ1) is 10.9. The van der Waals surface area contributed by atoms with Crippen molar-refractivity contribution in [3.63, 3.8) is 0 Å². The molecule has 0 bridgehead atoms. The Bertz CT molecular complexity index is 234. The fraction of sp³-hybridized carbons (Fsp3) is 0.917. The number of carbonyl (C=O) groups is 1. The van der Waals surface area contributed by atoms with Crippen molar-refractivity contribution in [2.75, 3.05) is 26.3 Å². The van der Waals surface area contributed by atoms with Crippen molar-refractivity contribution in [3.05, 3.63) is 0 Å². The zero-order valence-electron chi connectivity index (χ0n) is 9.63. The van der Waals surface area contributed by atoms with Crippen LogP contribution in [0.1, 0.15) is 39.0 Å². The van der Waals surface area contributed by atoms with Crippen molar-refractivity contribution in [1.29, 1.82) is 0 Å². The summed E-state index contributed by atoms with van der Waals surface area (Å²) in [6, 6.07) is 0. The van der Waals surface area contributed by atoms with Gasteiger partial charge in [-0.1, -0.05) is 6.92 Å². The van der Waals surface area contributed by atoms with Gasteiger partial charge in [-0.15, -0.1) is 0 Å². The van der Waals surface area contributed by atoms with Gasteiger partial charge in [0.05, 0.1) is 0 Å². The summed E-state index contributed by atoms with van der Waals surface area (Å²) in [5.74, 6) is 0.348. The summed E-state index contributed by atoms with van der Waals surface area (Å²) in [5, 5.41) is 0. The highest BCUT2D eigenvalue weighted by Gasteiger charge is 2.40. The van der Waals surface area contributed by atoms with Crippen LogP contribution in [-0.2, 0) is 9.53 Å². The van der Waals surface area contributed by atoms with Gasteiger partial charge in [-0.2, -0.15) is 0 Å². The van der Waals surface area contributed by atoms with Crippen LogP contribution >= 0.6 is 0 Å². The van der Waals surface area contributed by atoms with Crippen molar-refractivity contribution in [2.24, 2.45) is 5.41 Å². The Morgan fingerprint density at radius 3 is 2.73 bits per heavy atom. The molecule has 0 N–H and O–H groups in total. The molecule has 0 aliphatic carbocycles. The van der Waals surface area contributed by atoms with Gasteiger partial charge in [0.25, 0.3) is 0 Å². The Morgan fingerprint density at radius 2 is 2.07 bits per heavy atom. The second-order valence-electron chi connectivity index (χ2n) is 4.93. The highest BCUT2D eigenvalue weighted by atomic mass is 16.5. The zero-order chi connectivity index (χ0) is 10.7. The van der Waals surface area contributed by atoms with Crippen LogP contribution in [0.15, 0.2) is 0 Å². The van der Waals surface area contributed by atoms with E-state index < -0.39 is 0 Å². The number of carbonyl (C=O) groups excluding carboxylic acids is 1. The van der Waals surface area contributed by atoms with E-state index in [0.29, 0.717) is 17.7 Å². The van der Waals surface area contributed by atoms with E-state index in [1.165, 1.54) is 6.42 Å². The molecule has 3 nitrogen and oxygen atoms in total. The molecule has 86 valence electrons. The molecule has 0 atom stereocenters. The summed E-state index contributed by atoms with van der Waals surface area (Å²) >= 11 is 0. The summed E-state index contributed by atoms with van der Waals surface area (Å²) in [6.45, 7) is 5.79. The lowest BCUT2D eigenvalue weighted by atomic mass is 9.80. The number of amides is 1. The van der Waals surface area contributed by atoms with Crippen LogP contribution in [0.2, 0.25) is 0 Å². The number of ether oxygens (including phenoxy) is 1. The fourth-order valence-electron chi connectivity index (χ4n) is 2.73. The van der Waals surface area contributed by atoms with Crippen LogP contribution in [0.3, 0.4) is 0 Å². The molecule has 1 spiro atoms. The first-order valence-electron chi connectivity index (χ1n) is 6.11. The fourth-order valence-corrected chi connectivity index (χ4v) is 2.73. The standard InChI is InChI=1S/C12H21NO2/c1-2-3-11(14)13-7-4-12(10-13)5-8-15-9-6-12/h2-10H2,1H3. The molecule has 2 rings (SSSR count).